The van der Waals surface area contributed by atoms with Crippen LogP contribution >= 0.6 is 11.9 Å². The Morgan fingerprint density at radius 3 is 2.31 bits per heavy atom. The predicted octanol–water partition coefficient (Wildman–Crippen LogP) is 2.73. The minimum atomic E-state index is -4.65. The largest absolute Gasteiger partial charge is 0.539 e. The molecule has 1 aromatic carbocycles. The first-order valence-corrected chi connectivity index (χ1v) is 4.11. The van der Waals surface area contributed by atoms with Crippen molar-refractivity contribution in [1.29, 1.82) is 0 Å². The van der Waals surface area contributed by atoms with Crippen molar-refractivity contribution in [2.45, 2.75) is 11.3 Å². The highest BCUT2D eigenvalue weighted by atomic mass is 32.2. The van der Waals surface area contributed by atoms with E-state index in [2.05, 4.69) is 4.84 Å². The molecular formula is C7H6F3NOS. The van der Waals surface area contributed by atoms with Gasteiger partial charge in [-0.2, -0.15) is 4.84 Å². The summed E-state index contributed by atoms with van der Waals surface area (Å²) in [6, 6.07) is 8.54. The highest BCUT2D eigenvalue weighted by molar-refractivity contribution is 7.97. The first kappa shape index (κ1) is 10.4. The smallest absolute Gasteiger partial charge is 0.192 e. The highest BCUT2D eigenvalue weighted by Gasteiger charge is 2.29. The van der Waals surface area contributed by atoms with Crippen molar-refractivity contribution in [3.05, 3.63) is 30.3 Å². The van der Waals surface area contributed by atoms with Crippen LogP contribution in [0.1, 0.15) is 0 Å². The van der Waals surface area contributed by atoms with E-state index in [1.54, 1.807) is 35.2 Å². The van der Waals surface area contributed by atoms with Crippen molar-refractivity contribution in [3.63, 3.8) is 0 Å². The summed E-state index contributed by atoms with van der Waals surface area (Å²) in [5, 5.41) is 0. The molecule has 72 valence electrons. The fourth-order valence-electron chi connectivity index (χ4n) is 0.605. The number of hydrogen-bond donors (Lipinski definition) is 1. The molecule has 0 aromatic heterocycles. The first-order valence-electron chi connectivity index (χ1n) is 3.29. The van der Waals surface area contributed by atoms with Crippen molar-refractivity contribution in [1.82, 2.24) is 4.89 Å². The predicted molar refractivity (Wildman–Crippen MR) is 42.6 cm³/mol. The van der Waals surface area contributed by atoms with Gasteiger partial charge in [0.15, 0.2) is 0 Å². The van der Waals surface area contributed by atoms with Crippen LogP contribution in [0.3, 0.4) is 0 Å². The number of hydrogen-bond acceptors (Lipinski definition) is 3. The van der Waals surface area contributed by atoms with Crippen LogP contribution in [0.15, 0.2) is 35.2 Å². The number of nitrogens with one attached hydrogen (secondary N) is 1. The van der Waals surface area contributed by atoms with Crippen molar-refractivity contribution >= 4 is 11.9 Å². The first-order chi connectivity index (χ1) is 6.08. The summed E-state index contributed by atoms with van der Waals surface area (Å²) in [4.78, 5) is 5.72. The van der Waals surface area contributed by atoms with Gasteiger partial charge < -0.3 is 0 Å². The lowest BCUT2D eigenvalue weighted by Gasteiger charge is -2.06. The topological polar surface area (TPSA) is 21.3 Å². The Bertz CT molecular complexity index is 252. The molecule has 1 N–H and O–H groups in total. The molecule has 0 heterocycles. The third-order valence-corrected chi connectivity index (χ3v) is 1.73. The van der Waals surface area contributed by atoms with E-state index in [0.29, 0.717) is 4.90 Å². The van der Waals surface area contributed by atoms with Crippen molar-refractivity contribution in [3.8, 4) is 0 Å². The Morgan fingerprint density at radius 2 is 1.77 bits per heavy atom. The SMILES string of the molecule is FC(F)(F)ONSc1ccccc1. The summed E-state index contributed by atoms with van der Waals surface area (Å²) < 4.78 is 34.4. The van der Waals surface area contributed by atoms with Crippen LogP contribution in [0.4, 0.5) is 13.2 Å². The maximum atomic E-state index is 11.5. The number of alkyl halides is 3. The molecule has 0 aliphatic heterocycles. The van der Waals surface area contributed by atoms with Crippen LogP contribution in [-0.2, 0) is 4.84 Å². The zero-order chi connectivity index (χ0) is 9.73. The molecule has 1 aromatic rings. The van der Waals surface area contributed by atoms with E-state index in [0.717, 1.165) is 11.9 Å². The quantitative estimate of drug-likeness (QED) is 0.611. The van der Waals surface area contributed by atoms with Gasteiger partial charge in [-0.25, -0.2) is 0 Å². The number of halogens is 3. The third kappa shape index (κ3) is 4.76. The normalized spacial score (nSPS) is 11.6. The van der Waals surface area contributed by atoms with Gasteiger partial charge in [0.2, 0.25) is 0 Å². The molecule has 2 nitrogen and oxygen atoms in total. The van der Waals surface area contributed by atoms with E-state index in [4.69, 9.17) is 0 Å². The second kappa shape index (κ2) is 4.50. The van der Waals surface area contributed by atoms with Crippen LogP contribution in [0.5, 0.6) is 0 Å². The van der Waals surface area contributed by atoms with Crippen molar-refractivity contribution < 1.29 is 18.0 Å². The van der Waals surface area contributed by atoms with Gasteiger partial charge >= 0.3 is 6.36 Å². The fourth-order valence-corrected chi connectivity index (χ4v) is 1.13. The second-order valence-corrected chi connectivity index (χ2v) is 2.89. The van der Waals surface area contributed by atoms with Crippen LogP contribution in [0.25, 0.3) is 0 Å². The molecule has 0 radical (unpaired) electrons. The lowest BCUT2D eigenvalue weighted by molar-refractivity contribution is -0.337. The van der Waals surface area contributed by atoms with Crippen LogP contribution in [0, 0.1) is 0 Å². The summed E-state index contributed by atoms with van der Waals surface area (Å²) in [5.74, 6) is 0. The van der Waals surface area contributed by atoms with Gasteiger partial charge in [-0.1, -0.05) is 18.2 Å². The van der Waals surface area contributed by atoms with E-state index in [1.807, 2.05) is 0 Å². The second-order valence-electron chi connectivity index (χ2n) is 2.05. The maximum Gasteiger partial charge on any atom is 0.539 e. The maximum absolute atomic E-state index is 11.5. The monoisotopic (exact) mass is 209 g/mol. The zero-order valence-electron chi connectivity index (χ0n) is 6.34. The summed E-state index contributed by atoms with van der Waals surface area (Å²) in [7, 11) is 0. The molecule has 0 aliphatic rings. The molecular weight excluding hydrogens is 203 g/mol. The Balaban J connectivity index is 2.29. The molecule has 0 aliphatic carbocycles. The average molecular weight is 209 g/mol. The Hall–Kier alpha value is -0.720. The molecule has 6 heteroatoms. The number of rotatable bonds is 3. The molecule has 0 atom stereocenters. The molecule has 1 rings (SSSR count). The van der Waals surface area contributed by atoms with Crippen LogP contribution in [-0.4, -0.2) is 6.36 Å². The molecule has 0 saturated carbocycles. The molecule has 0 saturated heterocycles. The van der Waals surface area contributed by atoms with Crippen LogP contribution < -0.4 is 4.89 Å². The van der Waals surface area contributed by atoms with Gasteiger partial charge in [0, 0.05) is 4.90 Å². The van der Waals surface area contributed by atoms with E-state index < -0.39 is 6.36 Å². The molecule has 13 heavy (non-hydrogen) atoms. The summed E-state index contributed by atoms with van der Waals surface area (Å²) in [6.45, 7) is 0. The third-order valence-electron chi connectivity index (χ3n) is 1.06. The minimum Gasteiger partial charge on any atom is -0.192 e. The lowest BCUT2D eigenvalue weighted by Crippen LogP contribution is -2.20. The summed E-state index contributed by atoms with van der Waals surface area (Å²) in [5.41, 5.74) is 0. The van der Waals surface area contributed by atoms with Gasteiger partial charge in [0.25, 0.3) is 0 Å². The Labute approximate surface area is 77.2 Å². The summed E-state index contributed by atoms with van der Waals surface area (Å²) >= 11 is 0.755. The van der Waals surface area contributed by atoms with Crippen molar-refractivity contribution in [2.75, 3.05) is 0 Å². The standard InChI is InChI=1S/C7H6F3NOS/c8-7(9,10)12-11-13-6-4-2-1-3-5-6/h1-5,11H. The molecule has 0 unspecified atom stereocenters. The molecule has 0 bridgehead atoms. The van der Waals surface area contributed by atoms with Gasteiger partial charge in [0.1, 0.15) is 0 Å². The minimum absolute atomic E-state index is 0.645. The Morgan fingerprint density at radius 1 is 1.15 bits per heavy atom. The Kier molecular flexibility index (Phi) is 3.58. The highest BCUT2D eigenvalue weighted by Crippen LogP contribution is 2.19. The molecule has 0 spiro atoms. The average Bonchev–Trinajstić information content (AvgIpc) is 2.04. The summed E-state index contributed by atoms with van der Waals surface area (Å²) in [6.07, 6.45) is -4.65. The zero-order valence-corrected chi connectivity index (χ0v) is 7.15. The van der Waals surface area contributed by atoms with Gasteiger partial charge in [-0.15, -0.1) is 18.1 Å². The van der Waals surface area contributed by atoms with E-state index in [9.17, 15) is 13.2 Å². The van der Waals surface area contributed by atoms with Crippen LogP contribution in [0.2, 0.25) is 0 Å². The van der Waals surface area contributed by atoms with Gasteiger partial charge in [0.05, 0.1) is 0 Å². The van der Waals surface area contributed by atoms with E-state index in [1.165, 1.54) is 0 Å². The van der Waals surface area contributed by atoms with Crippen molar-refractivity contribution in [2.24, 2.45) is 0 Å². The molecule has 0 amide bonds. The molecule has 0 fully saturated rings. The van der Waals surface area contributed by atoms with Gasteiger partial charge in [-0.05, 0) is 24.1 Å². The van der Waals surface area contributed by atoms with E-state index in [-0.39, 0.29) is 0 Å². The van der Waals surface area contributed by atoms with Gasteiger partial charge in [-0.3, -0.25) is 0 Å². The fraction of sp³-hybridized carbons (Fsp3) is 0.143. The number of benzene rings is 1. The lowest BCUT2D eigenvalue weighted by atomic mass is 10.4. The van der Waals surface area contributed by atoms with E-state index >= 15 is 0 Å².